The normalized spacial score (nSPS) is 21.1. The maximum absolute atomic E-state index is 13.3. The van der Waals surface area contributed by atoms with Crippen molar-refractivity contribution in [2.75, 3.05) is 19.6 Å². The molecule has 0 bridgehead atoms. The number of carbonyl (C=O) groups is 4. The van der Waals surface area contributed by atoms with Crippen molar-refractivity contribution in [3.63, 3.8) is 0 Å². The summed E-state index contributed by atoms with van der Waals surface area (Å²) in [5, 5.41) is 27.6. The Morgan fingerprint density at radius 2 is 1.81 bits per heavy atom. The van der Waals surface area contributed by atoms with E-state index in [0.29, 0.717) is 44.3 Å². The van der Waals surface area contributed by atoms with Crippen LogP contribution >= 0.6 is 0 Å². The molecule has 2 saturated heterocycles. The van der Waals surface area contributed by atoms with Gasteiger partial charge in [0, 0.05) is 13.0 Å². The molecule has 198 valence electrons. The standard InChI is InChI=1S/C25H37N5O6/c26-12-2-1-5-19(25(35)36)28-22(32)20(15-16-8-10-17(31)11-9-16)29-23(33)21-7-4-14-30(21)24(34)18-6-3-13-27-18/h8-11,18-21,27,31H,1-7,12-15,26H2,(H,28,32)(H,29,33)(H,35,36). The predicted octanol–water partition coefficient (Wildman–Crippen LogP) is -0.139. The Morgan fingerprint density at radius 1 is 1.06 bits per heavy atom. The zero-order valence-corrected chi connectivity index (χ0v) is 20.4. The van der Waals surface area contributed by atoms with Gasteiger partial charge >= 0.3 is 5.97 Å². The van der Waals surface area contributed by atoms with Gasteiger partial charge in [-0.3, -0.25) is 14.4 Å². The van der Waals surface area contributed by atoms with Gasteiger partial charge in [0.15, 0.2) is 0 Å². The third-order valence-electron chi connectivity index (χ3n) is 6.77. The van der Waals surface area contributed by atoms with Crippen LogP contribution in [-0.4, -0.2) is 82.6 Å². The van der Waals surface area contributed by atoms with Gasteiger partial charge in [-0.05, 0) is 75.7 Å². The zero-order chi connectivity index (χ0) is 26.1. The summed E-state index contributed by atoms with van der Waals surface area (Å²) in [5.74, 6) is -2.25. The van der Waals surface area contributed by atoms with E-state index in [0.717, 1.165) is 19.4 Å². The first kappa shape index (κ1) is 27.4. The molecule has 4 atom stereocenters. The first-order valence-electron chi connectivity index (χ1n) is 12.7. The van der Waals surface area contributed by atoms with Crippen LogP contribution in [0.1, 0.15) is 50.5 Å². The summed E-state index contributed by atoms with van der Waals surface area (Å²) in [6, 6.07) is 3.08. The zero-order valence-electron chi connectivity index (χ0n) is 20.4. The Labute approximate surface area is 210 Å². The SMILES string of the molecule is NCCCCC(NC(=O)C(Cc1ccc(O)cc1)NC(=O)C1CCCN1C(=O)C1CCCN1)C(=O)O. The molecule has 0 aromatic heterocycles. The minimum Gasteiger partial charge on any atom is -0.508 e. The van der Waals surface area contributed by atoms with E-state index in [9.17, 15) is 29.4 Å². The van der Waals surface area contributed by atoms with Crippen molar-refractivity contribution in [2.45, 2.75) is 75.5 Å². The summed E-state index contributed by atoms with van der Waals surface area (Å²) in [4.78, 5) is 52.7. The molecule has 2 fully saturated rings. The van der Waals surface area contributed by atoms with Crippen molar-refractivity contribution in [1.29, 1.82) is 0 Å². The molecule has 2 aliphatic rings. The molecule has 0 aliphatic carbocycles. The highest BCUT2D eigenvalue weighted by Gasteiger charge is 2.39. The Balaban J connectivity index is 1.72. The number of carbonyl (C=O) groups excluding carboxylic acids is 3. The number of likely N-dealkylation sites (tertiary alicyclic amines) is 1. The van der Waals surface area contributed by atoms with Gasteiger partial charge in [-0.15, -0.1) is 0 Å². The number of hydrogen-bond donors (Lipinski definition) is 6. The first-order valence-corrected chi connectivity index (χ1v) is 12.7. The third kappa shape index (κ3) is 7.41. The van der Waals surface area contributed by atoms with E-state index in [2.05, 4.69) is 16.0 Å². The Hall–Kier alpha value is -3.18. The van der Waals surface area contributed by atoms with Crippen molar-refractivity contribution in [3.8, 4) is 5.75 Å². The number of nitrogens with zero attached hydrogens (tertiary/aromatic N) is 1. The van der Waals surface area contributed by atoms with Crippen LogP contribution in [0.4, 0.5) is 0 Å². The van der Waals surface area contributed by atoms with Crippen LogP contribution in [0.15, 0.2) is 24.3 Å². The predicted molar refractivity (Wildman–Crippen MR) is 132 cm³/mol. The second kappa shape index (κ2) is 13.2. The first-order chi connectivity index (χ1) is 17.3. The average molecular weight is 504 g/mol. The van der Waals surface area contributed by atoms with Gasteiger partial charge in [0.2, 0.25) is 17.7 Å². The number of carboxylic acids is 1. The Bertz CT molecular complexity index is 918. The molecular formula is C25H37N5O6. The largest absolute Gasteiger partial charge is 0.508 e. The van der Waals surface area contributed by atoms with Crippen LogP contribution in [0.3, 0.4) is 0 Å². The number of nitrogens with two attached hydrogens (primary N) is 1. The van der Waals surface area contributed by atoms with E-state index in [4.69, 9.17) is 5.73 Å². The number of amides is 3. The van der Waals surface area contributed by atoms with E-state index >= 15 is 0 Å². The molecule has 36 heavy (non-hydrogen) atoms. The molecule has 3 rings (SSSR count). The quantitative estimate of drug-likeness (QED) is 0.214. The number of hydrogen-bond acceptors (Lipinski definition) is 7. The highest BCUT2D eigenvalue weighted by molar-refractivity contribution is 5.94. The number of rotatable bonds is 12. The van der Waals surface area contributed by atoms with Crippen LogP contribution in [-0.2, 0) is 25.6 Å². The second-order valence-electron chi connectivity index (χ2n) is 9.45. The summed E-state index contributed by atoms with van der Waals surface area (Å²) in [6.07, 6.45) is 4.31. The minimum atomic E-state index is -1.16. The smallest absolute Gasteiger partial charge is 0.326 e. The van der Waals surface area contributed by atoms with E-state index in [1.54, 1.807) is 17.0 Å². The lowest BCUT2D eigenvalue weighted by molar-refractivity contribution is -0.143. The van der Waals surface area contributed by atoms with Crippen molar-refractivity contribution in [3.05, 3.63) is 29.8 Å². The van der Waals surface area contributed by atoms with Gasteiger partial charge in [-0.25, -0.2) is 4.79 Å². The second-order valence-corrected chi connectivity index (χ2v) is 9.45. The summed E-state index contributed by atoms with van der Waals surface area (Å²) in [5.41, 5.74) is 6.17. The van der Waals surface area contributed by atoms with Crippen molar-refractivity contribution < 1.29 is 29.4 Å². The molecule has 1 aromatic rings. The van der Waals surface area contributed by atoms with E-state index in [1.165, 1.54) is 12.1 Å². The number of aliphatic carboxylic acids is 1. The number of benzene rings is 1. The molecule has 4 unspecified atom stereocenters. The Kier molecular flexibility index (Phi) is 10.1. The topological polar surface area (TPSA) is 174 Å². The van der Waals surface area contributed by atoms with Crippen molar-refractivity contribution >= 4 is 23.7 Å². The minimum absolute atomic E-state index is 0.0651. The van der Waals surface area contributed by atoms with E-state index in [-0.39, 0.29) is 30.5 Å². The summed E-state index contributed by atoms with van der Waals surface area (Å²) < 4.78 is 0. The number of phenolic OH excluding ortho intramolecular Hbond substituents is 1. The van der Waals surface area contributed by atoms with Crippen molar-refractivity contribution in [1.82, 2.24) is 20.9 Å². The van der Waals surface area contributed by atoms with Crippen LogP contribution in [0.2, 0.25) is 0 Å². The van der Waals surface area contributed by atoms with Crippen LogP contribution < -0.4 is 21.7 Å². The van der Waals surface area contributed by atoms with Gasteiger partial charge in [0.05, 0.1) is 6.04 Å². The molecule has 3 amide bonds. The highest BCUT2D eigenvalue weighted by atomic mass is 16.4. The van der Waals surface area contributed by atoms with Gasteiger partial charge in [-0.2, -0.15) is 0 Å². The lowest BCUT2D eigenvalue weighted by atomic mass is 10.0. The molecule has 0 spiro atoms. The maximum Gasteiger partial charge on any atom is 0.326 e. The Morgan fingerprint density at radius 3 is 2.44 bits per heavy atom. The van der Waals surface area contributed by atoms with Gasteiger partial charge in [-0.1, -0.05) is 12.1 Å². The van der Waals surface area contributed by atoms with E-state index < -0.39 is 35.9 Å². The number of aromatic hydroxyl groups is 1. The molecule has 0 saturated carbocycles. The summed E-state index contributed by atoms with van der Waals surface area (Å²) >= 11 is 0. The molecule has 0 radical (unpaired) electrons. The van der Waals surface area contributed by atoms with Gasteiger partial charge < -0.3 is 36.8 Å². The number of unbranched alkanes of at least 4 members (excludes halogenated alkanes) is 1. The molecule has 2 heterocycles. The van der Waals surface area contributed by atoms with Gasteiger partial charge in [0.1, 0.15) is 23.9 Å². The lowest BCUT2D eigenvalue weighted by Crippen LogP contribution is -2.57. The fourth-order valence-electron chi connectivity index (χ4n) is 4.77. The maximum atomic E-state index is 13.3. The number of nitrogens with one attached hydrogen (secondary N) is 3. The summed E-state index contributed by atoms with van der Waals surface area (Å²) in [6.45, 7) is 1.67. The molecule has 11 nitrogen and oxygen atoms in total. The fraction of sp³-hybridized carbons (Fsp3) is 0.600. The van der Waals surface area contributed by atoms with Gasteiger partial charge in [0.25, 0.3) is 0 Å². The molecule has 2 aliphatic heterocycles. The number of carboxylic acid groups (broad SMARTS) is 1. The lowest BCUT2D eigenvalue weighted by Gasteiger charge is -2.28. The van der Waals surface area contributed by atoms with Crippen LogP contribution in [0.25, 0.3) is 0 Å². The third-order valence-corrected chi connectivity index (χ3v) is 6.77. The highest BCUT2D eigenvalue weighted by Crippen LogP contribution is 2.21. The molecule has 11 heteroatoms. The monoisotopic (exact) mass is 503 g/mol. The summed E-state index contributed by atoms with van der Waals surface area (Å²) in [7, 11) is 0. The number of phenols is 1. The average Bonchev–Trinajstić information content (AvgIpc) is 3.56. The van der Waals surface area contributed by atoms with E-state index in [1.807, 2.05) is 0 Å². The van der Waals surface area contributed by atoms with Crippen molar-refractivity contribution in [2.24, 2.45) is 5.73 Å². The van der Waals surface area contributed by atoms with Crippen LogP contribution in [0.5, 0.6) is 5.75 Å². The fourth-order valence-corrected chi connectivity index (χ4v) is 4.77. The molecule has 1 aromatic carbocycles. The molecular weight excluding hydrogens is 466 g/mol. The van der Waals surface area contributed by atoms with Crippen LogP contribution in [0, 0.1) is 0 Å². The molecule has 7 N–H and O–H groups in total.